The molecule has 0 saturated carbocycles. The molecule has 3 rings (SSSR count). The Bertz CT molecular complexity index is 637. The van der Waals surface area contributed by atoms with Gasteiger partial charge in [-0.15, -0.1) is 0 Å². The normalized spacial score (nSPS) is 18.2. The van der Waals surface area contributed by atoms with E-state index in [-0.39, 0.29) is 17.8 Å². The van der Waals surface area contributed by atoms with E-state index in [1.807, 2.05) is 0 Å². The fraction of sp³-hybridized carbons (Fsp3) is 0.353. The Morgan fingerprint density at radius 1 is 1.05 bits per heavy atom. The van der Waals surface area contributed by atoms with Crippen LogP contribution in [-0.4, -0.2) is 25.0 Å². The van der Waals surface area contributed by atoms with Gasteiger partial charge in [0.05, 0.1) is 11.5 Å². The van der Waals surface area contributed by atoms with Crippen LogP contribution in [-0.2, 0) is 5.41 Å². The van der Waals surface area contributed by atoms with Gasteiger partial charge in [-0.1, -0.05) is 36.4 Å². The highest BCUT2D eigenvalue weighted by atomic mass is 35.5. The first-order chi connectivity index (χ1) is 9.23. The zero-order chi connectivity index (χ0) is 13.3. The molecule has 0 amide bonds. The second-order valence-electron chi connectivity index (χ2n) is 5.56. The molecule has 0 unspecified atom stereocenters. The van der Waals surface area contributed by atoms with Crippen LogP contribution in [0, 0.1) is 11.3 Å². The molecule has 104 valence electrons. The first-order valence-corrected chi connectivity index (χ1v) is 6.83. The summed E-state index contributed by atoms with van der Waals surface area (Å²) in [6.45, 7) is 2.00. The third-order valence-corrected chi connectivity index (χ3v) is 4.36. The van der Waals surface area contributed by atoms with Gasteiger partial charge in [-0.25, -0.2) is 0 Å². The fourth-order valence-electron chi connectivity index (χ4n) is 2.95. The summed E-state index contributed by atoms with van der Waals surface area (Å²) >= 11 is 0. The predicted octanol–water partition coefficient (Wildman–Crippen LogP) is 0.331. The average Bonchev–Trinajstić information content (AvgIpc) is 2.48. The number of hydrogen-bond donors (Lipinski definition) is 0. The maximum atomic E-state index is 9.68. The Kier molecular flexibility index (Phi) is 4.32. The second-order valence-corrected chi connectivity index (χ2v) is 5.56. The lowest BCUT2D eigenvalue weighted by Gasteiger charge is -2.36. The van der Waals surface area contributed by atoms with E-state index in [0.29, 0.717) is 0 Å². The number of nitriles is 1. The summed E-state index contributed by atoms with van der Waals surface area (Å²) in [5.41, 5.74) is 0.887. The highest BCUT2D eigenvalue weighted by Crippen LogP contribution is 2.35. The van der Waals surface area contributed by atoms with Gasteiger partial charge in [0.25, 0.3) is 0 Å². The molecule has 1 aliphatic heterocycles. The van der Waals surface area contributed by atoms with Gasteiger partial charge >= 0.3 is 0 Å². The van der Waals surface area contributed by atoms with Crippen molar-refractivity contribution < 1.29 is 12.4 Å². The molecule has 20 heavy (non-hydrogen) atoms. The average molecular weight is 286 g/mol. The second kappa shape index (κ2) is 5.83. The Morgan fingerprint density at radius 3 is 2.35 bits per heavy atom. The zero-order valence-corrected chi connectivity index (χ0v) is 12.4. The molecular weight excluding hydrogens is 268 g/mol. The molecule has 0 N–H and O–H groups in total. The van der Waals surface area contributed by atoms with Gasteiger partial charge < -0.3 is 17.3 Å². The van der Waals surface area contributed by atoms with Crippen LogP contribution in [0.4, 0.5) is 0 Å². The number of hydrogen-bond acceptors (Lipinski definition) is 2. The van der Waals surface area contributed by atoms with Crippen LogP contribution in [0.25, 0.3) is 10.8 Å². The van der Waals surface area contributed by atoms with Gasteiger partial charge in [-0.3, -0.25) is 0 Å². The summed E-state index contributed by atoms with van der Waals surface area (Å²) in [6.07, 6.45) is 1.86. The van der Waals surface area contributed by atoms with E-state index in [4.69, 9.17) is 0 Å². The van der Waals surface area contributed by atoms with E-state index < -0.39 is 0 Å². The number of rotatable bonds is 1. The van der Waals surface area contributed by atoms with Crippen molar-refractivity contribution in [1.29, 1.82) is 5.26 Å². The molecule has 1 heterocycles. The summed E-state index contributed by atoms with van der Waals surface area (Å²) < 4.78 is 0. The van der Waals surface area contributed by atoms with Crippen LogP contribution in [0.3, 0.4) is 0 Å². The molecule has 2 nitrogen and oxygen atoms in total. The van der Waals surface area contributed by atoms with E-state index in [2.05, 4.69) is 60.5 Å². The maximum absolute atomic E-state index is 9.68. The summed E-state index contributed by atoms with van der Waals surface area (Å²) in [7, 11) is 2.13. The third-order valence-electron chi connectivity index (χ3n) is 4.36. The molecule has 0 bridgehead atoms. The Balaban J connectivity index is 0.00000147. The number of halogens is 1. The number of piperidine rings is 1. The largest absolute Gasteiger partial charge is 1.00 e. The molecular formula is C17H18ClN2-. The molecule has 0 atom stereocenters. The molecule has 0 aliphatic carbocycles. The maximum Gasteiger partial charge on any atom is 0.0846 e. The van der Waals surface area contributed by atoms with Gasteiger partial charge in [-0.2, -0.15) is 5.26 Å². The van der Waals surface area contributed by atoms with Gasteiger partial charge in [-0.05, 0) is 55.4 Å². The molecule has 0 aromatic heterocycles. The van der Waals surface area contributed by atoms with Crippen molar-refractivity contribution in [3.8, 4) is 6.07 Å². The first kappa shape index (κ1) is 14.8. The van der Waals surface area contributed by atoms with E-state index in [0.717, 1.165) is 25.9 Å². The summed E-state index contributed by atoms with van der Waals surface area (Å²) in [4.78, 5) is 2.30. The molecule has 2 aromatic carbocycles. The topological polar surface area (TPSA) is 27.0 Å². The lowest BCUT2D eigenvalue weighted by Crippen LogP contribution is -3.00. The molecule has 0 radical (unpaired) electrons. The zero-order valence-electron chi connectivity index (χ0n) is 11.6. The number of benzene rings is 2. The van der Waals surface area contributed by atoms with Crippen molar-refractivity contribution >= 4 is 10.8 Å². The van der Waals surface area contributed by atoms with Crippen molar-refractivity contribution in [3.05, 3.63) is 48.0 Å². The molecule has 1 aliphatic rings. The van der Waals surface area contributed by atoms with Crippen molar-refractivity contribution in [2.24, 2.45) is 0 Å². The smallest absolute Gasteiger partial charge is 0.0846 e. The first-order valence-electron chi connectivity index (χ1n) is 6.83. The lowest BCUT2D eigenvalue weighted by molar-refractivity contribution is -0.00000409. The number of likely N-dealkylation sites (tertiary alicyclic amines) is 1. The Hall–Kier alpha value is -1.56. The van der Waals surface area contributed by atoms with Crippen molar-refractivity contribution in [1.82, 2.24) is 4.90 Å². The minimum Gasteiger partial charge on any atom is -1.00 e. The van der Waals surface area contributed by atoms with Gasteiger partial charge in [0.1, 0.15) is 0 Å². The highest BCUT2D eigenvalue weighted by Gasteiger charge is 2.35. The monoisotopic (exact) mass is 285 g/mol. The van der Waals surface area contributed by atoms with Crippen molar-refractivity contribution in [2.45, 2.75) is 18.3 Å². The minimum absolute atomic E-state index is 0. The molecule has 1 fully saturated rings. The van der Waals surface area contributed by atoms with Crippen LogP contribution in [0.15, 0.2) is 42.5 Å². The molecule has 3 heteroatoms. The number of nitrogens with zero attached hydrogens (tertiary/aromatic N) is 2. The van der Waals surface area contributed by atoms with Crippen molar-refractivity contribution in [3.63, 3.8) is 0 Å². The molecule has 1 saturated heterocycles. The Morgan fingerprint density at radius 2 is 1.70 bits per heavy atom. The van der Waals surface area contributed by atoms with Gasteiger partial charge in [0.15, 0.2) is 0 Å². The van der Waals surface area contributed by atoms with E-state index in [1.54, 1.807) is 0 Å². The van der Waals surface area contributed by atoms with Crippen LogP contribution < -0.4 is 12.4 Å². The Labute approximate surface area is 126 Å². The van der Waals surface area contributed by atoms with Gasteiger partial charge in [0, 0.05) is 0 Å². The quantitative estimate of drug-likeness (QED) is 0.755. The summed E-state index contributed by atoms with van der Waals surface area (Å²) in [6, 6.07) is 17.4. The molecule has 0 spiro atoms. The van der Waals surface area contributed by atoms with Gasteiger partial charge in [0.2, 0.25) is 0 Å². The van der Waals surface area contributed by atoms with Crippen LogP contribution in [0.2, 0.25) is 0 Å². The van der Waals surface area contributed by atoms with Crippen LogP contribution in [0.5, 0.6) is 0 Å². The lowest BCUT2D eigenvalue weighted by atomic mass is 9.73. The van der Waals surface area contributed by atoms with Crippen LogP contribution >= 0.6 is 0 Å². The molecule has 2 aromatic rings. The SMILES string of the molecule is CN1CCC(C#N)(c2ccc3ccccc3c2)CC1.[Cl-]. The van der Waals surface area contributed by atoms with E-state index in [1.165, 1.54) is 16.3 Å². The van der Waals surface area contributed by atoms with E-state index in [9.17, 15) is 5.26 Å². The van der Waals surface area contributed by atoms with E-state index >= 15 is 0 Å². The summed E-state index contributed by atoms with van der Waals surface area (Å²) in [5.74, 6) is 0. The summed E-state index contributed by atoms with van der Waals surface area (Å²) in [5, 5.41) is 12.2. The predicted molar refractivity (Wildman–Crippen MR) is 78.0 cm³/mol. The fourth-order valence-corrected chi connectivity index (χ4v) is 2.95. The third kappa shape index (κ3) is 2.52. The van der Waals surface area contributed by atoms with Crippen LogP contribution in [0.1, 0.15) is 18.4 Å². The highest BCUT2D eigenvalue weighted by molar-refractivity contribution is 5.83. The minimum atomic E-state index is -0.295. The van der Waals surface area contributed by atoms with Crippen molar-refractivity contribution in [2.75, 3.05) is 20.1 Å². The standard InChI is InChI=1S/C17H18N2.ClH/c1-19-10-8-17(13-18,9-11-19)16-7-6-14-4-2-3-5-15(14)12-16;/h2-7,12H,8-11H2,1H3;1H/p-1. The number of fused-ring (bicyclic) bond motifs is 1.